The van der Waals surface area contributed by atoms with Crippen molar-refractivity contribution in [3.8, 4) is 11.5 Å². The Morgan fingerprint density at radius 1 is 1.28 bits per heavy atom. The van der Waals surface area contributed by atoms with E-state index in [4.69, 9.17) is 9.47 Å². The average Bonchev–Trinajstić information content (AvgIpc) is 3.46. The van der Waals surface area contributed by atoms with E-state index in [9.17, 15) is 4.79 Å². The third-order valence-electron chi connectivity index (χ3n) is 5.38. The number of ether oxygens (including phenoxy) is 2. The van der Waals surface area contributed by atoms with Crippen LogP contribution in [0, 0.1) is 5.92 Å². The van der Waals surface area contributed by atoms with Crippen molar-refractivity contribution in [2.24, 2.45) is 5.92 Å². The number of rotatable bonds is 4. The van der Waals surface area contributed by atoms with E-state index in [1.807, 2.05) is 23.1 Å². The first kappa shape index (κ1) is 16.5. The molecule has 1 saturated carbocycles. The number of carbonyl (C=O) groups is 1. The normalized spacial score (nSPS) is 23.6. The highest BCUT2D eigenvalue weighted by Crippen LogP contribution is 2.30. The molecule has 1 saturated heterocycles. The van der Waals surface area contributed by atoms with E-state index >= 15 is 0 Å². The summed E-state index contributed by atoms with van der Waals surface area (Å²) in [6.45, 7) is 5.35. The van der Waals surface area contributed by atoms with Crippen LogP contribution < -0.4 is 14.8 Å². The average molecular weight is 345 g/mol. The van der Waals surface area contributed by atoms with Crippen molar-refractivity contribution >= 4 is 6.03 Å². The minimum Gasteiger partial charge on any atom is -0.497 e. The molecule has 0 bridgehead atoms. The fraction of sp³-hybridized carbons (Fsp3) is 0.632. The molecule has 3 aliphatic rings. The smallest absolute Gasteiger partial charge is 0.317 e. The highest BCUT2D eigenvalue weighted by Gasteiger charge is 2.29. The van der Waals surface area contributed by atoms with Crippen LogP contribution in [-0.2, 0) is 6.42 Å². The molecule has 2 heterocycles. The Labute approximate surface area is 149 Å². The zero-order chi connectivity index (χ0) is 17.2. The maximum atomic E-state index is 12.5. The van der Waals surface area contributed by atoms with Crippen LogP contribution in [0.25, 0.3) is 0 Å². The fourth-order valence-electron chi connectivity index (χ4n) is 3.64. The van der Waals surface area contributed by atoms with Crippen LogP contribution in [0.3, 0.4) is 0 Å². The first-order valence-corrected chi connectivity index (χ1v) is 9.29. The molecule has 6 nitrogen and oxygen atoms in total. The van der Waals surface area contributed by atoms with Gasteiger partial charge in [-0.25, -0.2) is 4.79 Å². The molecule has 1 unspecified atom stereocenters. The quantitative estimate of drug-likeness (QED) is 0.903. The Morgan fingerprint density at radius 3 is 2.80 bits per heavy atom. The van der Waals surface area contributed by atoms with Crippen molar-refractivity contribution < 1.29 is 14.3 Å². The van der Waals surface area contributed by atoms with Gasteiger partial charge in [0.05, 0.1) is 13.2 Å². The number of amides is 2. The van der Waals surface area contributed by atoms with Crippen molar-refractivity contribution in [2.45, 2.75) is 25.3 Å². The molecule has 1 atom stereocenters. The van der Waals surface area contributed by atoms with Gasteiger partial charge in [0.15, 0.2) is 0 Å². The predicted octanol–water partition coefficient (Wildman–Crippen LogP) is 1.74. The van der Waals surface area contributed by atoms with Gasteiger partial charge >= 0.3 is 6.03 Å². The lowest BCUT2D eigenvalue weighted by molar-refractivity contribution is 0.130. The Kier molecular flexibility index (Phi) is 4.70. The molecule has 2 amide bonds. The fourth-order valence-corrected chi connectivity index (χ4v) is 3.64. The Morgan fingerprint density at radius 2 is 2.08 bits per heavy atom. The van der Waals surface area contributed by atoms with Crippen LogP contribution in [0.15, 0.2) is 18.2 Å². The molecule has 25 heavy (non-hydrogen) atoms. The highest BCUT2D eigenvalue weighted by molar-refractivity contribution is 5.74. The molecule has 1 N–H and O–H groups in total. The molecule has 6 heteroatoms. The number of benzene rings is 1. The van der Waals surface area contributed by atoms with Gasteiger partial charge in [-0.05, 0) is 36.8 Å². The topological polar surface area (TPSA) is 54.0 Å². The summed E-state index contributed by atoms with van der Waals surface area (Å²) in [5.74, 6) is 2.57. The number of fused-ring (bicyclic) bond motifs is 1. The van der Waals surface area contributed by atoms with Gasteiger partial charge in [-0.15, -0.1) is 0 Å². The third kappa shape index (κ3) is 4.00. The van der Waals surface area contributed by atoms with E-state index in [0.29, 0.717) is 6.61 Å². The van der Waals surface area contributed by atoms with E-state index in [-0.39, 0.29) is 12.1 Å². The Bertz CT molecular complexity index is 624. The minimum absolute atomic E-state index is 0.0258. The van der Waals surface area contributed by atoms with Crippen LogP contribution >= 0.6 is 0 Å². The van der Waals surface area contributed by atoms with Gasteiger partial charge in [0.2, 0.25) is 0 Å². The summed E-state index contributed by atoms with van der Waals surface area (Å²) >= 11 is 0. The summed E-state index contributed by atoms with van der Waals surface area (Å²) in [6, 6.07) is 5.93. The van der Waals surface area contributed by atoms with Crippen LogP contribution in [0.5, 0.6) is 11.5 Å². The van der Waals surface area contributed by atoms with Gasteiger partial charge in [0, 0.05) is 38.8 Å². The largest absolute Gasteiger partial charge is 0.497 e. The summed E-state index contributed by atoms with van der Waals surface area (Å²) in [7, 11) is 1.65. The SMILES string of the molecule is COc1ccc2c(c1)OCC(NC(=O)N1CCN(CC3CC3)CC1)C2. The predicted molar refractivity (Wildman–Crippen MR) is 95.2 cm³/mol. The van der Waals surface area contributed by atoms with E-state index in [0.717, 1.165) is 55.6 Å². The van der Waals surface area contributed by atoms with Crippen molar-refractivity contribution in [2.75, 3.05) is 46.4 Å². The molecule has 2 aliphatic heterocycles. The molecule has 4 rings (SSSR count). The number of piperazine rings is 1. The molecule has 0 aromatic heterocycles. The molecule has 2 fully saturated rings. The monoisotopic (exact) mass is 345 g/mol. The van der Waals surface area contributed by atoms with Crippen molar-refractivity contribution in [1.29, 1.82) is 0 Å². The second-order valence-corrected chi connectivity index (χ2v) is 7.37. The van der Waals surface area contributed by atoms with E-state index in [1.54, 1.807) is 7.11 Å². The van der Waals surface area contributed by atoms with Gasteiger partial charge in [-0.1, -0.05) is 6.07 Å². The number of nitrogens with zero attached hydrogens (tertiary/aromatic N) is 2. The van der Waals surface area contributed by atoms with Gasteiger partial charge in [0.1, 0.15) is 18.1 Å². The number of urea groups is 1. The number of nitrogens with one attached hydrogen (secondary N) is 1. The first-order chi connectivity index (χ1) is 12.2. The van der Waals surface area contributed by atoms with Crippen molar-refractivity contribution in [3.63, 3.8) is 0 Å². The molecule has 1 aromatic carbocycles. The maximum Gasteiger partial charge on any atom is 0.317 e. The molecule has 0 spiro atoms. The van der Waals surface area contributed by atoms with Crippen molar-refractivity contribution in [1.82, 2.24) is 15.1 Å². The summed E-state index contributed by atoms with van der Waals surface area (Å²) < 4.78 is 11.0. The lowest BCUT2D eigenvalue weighted by Gasteiger charge is -2.36. The molecular weight excluding hydrogens is 318 g/mol. The van der Waals surface area contributed by atoms with Crippen molar-refractivity contribution in [3.05, 3.63) is 23.8 Å². The van der Waals surface area contributed by atoms with Gasteiger partial charge in [0.25, 0.3) is 0 Å². The third-order valence-corrected chi connectivity index (χ3v) is 5.38. The zero-order valence-electron chi connectivity index (χ0n) is 14.9. The lowest BCUT2D eigenvalue weighted by atomic mass is 10.0. The van der Waals surface area contributed by atoms with Gasteiger partial charge in [-0.2, -0.15) is 0 Å². The van der Waals surface area contributed by atoms with Crippen LogP contribution in [-0.4, -0.2) is 68.3 Å². The van der Waals surface area contributed by atoms with Gasteiger partial charge in [-0.3, -0.25) is 4.90 Å². The zero-order valence-corrected chi connectivity index (χ0v) is 14.9. The maximum absolute atomic E-state index is 12.5. The summed E-state index contributed by atoms with van der Waals surface area (Å²) in [5.41, 5.74) is 1.12. The van der Waals surface area contributed by atoms with Gasteiger partial charge < -0.3 is 19.7 Å². The number of carbonyl (C=O) groups excluding carboxylic acids is 1. The first-order valence-electron chi connectivity index (χ1n) is 9.29. The number of hydrogen-bond acceptors (Lipinski definition) is 4. The van der Waals surface area contributed by atoms with E-state index < -0.39 is 0 Å². The Hall–Kier alpha value is -1.95. The lowest BCUT2D eigenvalue weighted by Crippen LogP contribution is -2.55. The number of methoxy groups -OCH3 is 1. The standard InChI is InChI=1S/C19H27N3O3/c1-24-17-5-4-15-10-16(13-25-18(15)11-17)20-19(23)22-8-6-21(7-9-22)12-14-2-3-14/h4-5,11,14,16H,2-3,6-10,12-13H2,1H3,(H,20,23). The Balaban J connectivity index is 1.26. The highest BCUT2D eigenvalue weighted by atomic mass is 16.5. The summed E-state index contributed by atoms with van der Waals surface area (Å²) in [4.78, 5) is 17.0. The van der Waals surface area contributed by atoms with E-state index in [2.05, 4.69) is 10.2 Å². The minimum atomic E-state index is 0.0258. The van der Waals surface area contributed by atoms with Crippen LogP contribution in [0.1, 0.15) is 18.4 Å². The summed E-state index contributed by atoms with van der Waals surface area (Å²) in [6.07, 6.45) is 3.57. The summed E-state index contributed by atoms with van der Waals surface area (Å²) in [5, 5.41) is 3.14. The number of hydrogen-bond donors (Lipinski definition) is 1. The molecule has 1 aromatic rings. The van der Waals surface area contributed by atoms with Crippen LogP contribution in [0.2, 0.25) is 0 Å². The molecule has 0 radical (unpaired) electrons. The molecular formula is C19H27N3O3. The second kappa shape index (κ2) is 7.12. The van der Waals surface area contributed by atoms with E-state index in [1.165, 1.54) is 19.4 Å². The second-order valence-electron chi connectivity index (χ2n) is 7.37. The van der Waals surface area contributed by atoms with Crippen LogP contribution in [0.4, 0.5) is 4.79 Å². The molecule has 1 aliphatic carbocycles. The molecule has 136 valence electrons.